The van der Waals surface area contributed by atoms with E-state index in [9.17, 15) is 9.59 Å². The second kappa shape index (κ2) is 17.6. The van der Waals surface area contributed by atoms with Crippen LogP contribution in [0.2, 0.25) is 44.8 Å². The maximum absolute atomic E-state index is 11.7. The summed E-state index contributed by atoms with van der Waals surface area (Å²) in [5.74, 6) is 1.29. The van der Waals surface area contributed by atoms with Gasteiger partial charge in [-0.15, -0.1) is 0 Å². The molecule has 0 aliphatic heterocycles. The summed E-state index contributed by atoms with van der Waals surface area (Å²) in [5.41, 5.74) is 7.08. The van der Waals surface area contributed by atoms with Crippen LogP contribution in [0.15, 0.2) is 57.5 Å². The standard InChI is InChI=1S/C37H43Br2N2O6Si2/c1-24-26(22-46-36-32(38)18-28(20-42)34(40-36)44-14-16-48(3)4)10-8-12-30(24)31-13-9-11-27(25(31)2)23-47-37-33(39)19-29(21-43)35(41-37)45-15-17-49(5,6)7/h8-13,18-21H,14-17,22-23H2,1-7H3/q+1. The van der Waals surface area contributed by atoms with E-state index in [4.69, 9.17) is 18.9 Å². The number of hydrogen-bond acceptors (Lipinski definition) is 8. The summed E-state index contributed by atoms with van der Waals surface area (Å²) in [6, 6.07) is 17.6. The van der Waals surface area contributed by atoms with Crippen LogP contribution in [-0.2, 0) is 13.2 Å². The molecular formula is C37H43Br2N2O6Si2+. The number of rotatable bonds is 17. The van der Waals surface area contributed by atoms with Crippen LogP contribution >= 0.6 is 31.9 Å². The highest BCUT2D eigenvalue weighted by Gasteiger charge is 2.19. The average molecular weight is 828 g/mol. The predicted molar refractivity (Wildman–Crippen MR) is 206 cm³/mol. The molecule has 0 aliphatic carbocycles. The second-order valence-electron chi connectivity index (χ2n) is 13.3. The molecule has 2 heterocycles. The molecule has 49 heavy (non-hydrogen) atoms. The minimum atomic E-state index is -1.31. The highest BCUT2D eigenvalue weighted by atomic mass is 79.9. The van der Waals surface area contributed by atoms with E-state index in [1.54, 1.807) is 12.1 Å². The molecule has 0 saturated carbocycles. The van der Waals surface area contributed by atoms with Gasteiger partial charge >= 0.3 is 8.80 Å². The van der Waals surface area contributed by atoms with Crippen molar-refractivity contribution in [2.75, 3.05) is 13.2 Å². The Labute approximate surface area is 308 Å². The largest absolute Gasteiger partial charge is 0.477 e. The minimum Gasteiger partial charge on any atom is -0.477 e. The van der Waals surface area contributed by atoms with E-state index in [0.29, 0.717) is 45.0 Å². The van der Waals surface area contributed by atoms with E-state index in [1.807, 2.05) is 24.3 Å². The molecule has 4 rings (SSSR count). The Morgan fingerprint density at radius 1 is 0.694 bits per heavy atom. The number of nitrogens with zero attached hydrogens (tertiary/aromatic N) is 2. The van der Waals surface area contributed by atoms with Gasteiger partial charge in [0, 0.05) is 8.07 Å². The molecule has 0 N–H and O–H groups in total. The Balaban J connectivity index is 1.51. The highest BCUT2D eigenvalue weighted by molar-refractivity contribution is 9.10. The molecule has 0 amide bonds. The fraction of sp³-hybridized carbons (Fsp3) is 0.351. The summed E-state index contributed by atoms with van der Waals surface area (Å²) in [6.45, 7) is 17.0. The van der Waals surface area contributed by atoms with Gasteiger partial charge in [0.2, 0.25) is 23.5 Å². The third-order valence-corrected chi connectivity index (χ3v) is 12.0. The van der Waals surface area contributed by atoms with Gasteiger partial charge in [0.25, 0.3) is 0 Å². The number of hydrogen-bond donors (Lipinski definition) is 0. The summed E-state index contributed by atoms with van der Waals surface area (Å²) in [7, 11) is -1.77. The van der Waals surface area contributed by atoms with Gasteiger partial charge in [-0.2, -0.15) is 9.97 Å². The summed E-state index contributed by atoms with van der Waals surface area (Å²) >= 11 is 7.01. The van der Waals surface area contributed by atoms with Crippen molar-refractivity contribution in [3.8, 4) is 34.6 Å². The lowest BCUT2D eigenvalue weighted by Gasteiger charge is -2.18. The molecule has 0 saturated heterocycles. The Morgan fingerprint density at radius 2 is 1.14 bits per heavy atom. The topological polar surface area (TPSA) is 96.8 Å². The molecule has 0 fully saturated rings. The number of benzene rings is 2. The zero-order valence-corrected chi connectivity index (χ0v) is 34.3. The van der Waals surface area contributed by atoms with Gasteiger partial charge < -0.3 is 18.9 Å². The molecular weight excluding hydrogens is 784 g/mol. The van der Waals surface area contributed by atoms with E-state index >= 15 is 0 Å². The number of pyridine rings is 2. The van der Waals surface area contributed by atoms with Crippen LogP contribution in [0, 0.1) is 13.8 Å². The maximum atomic E-state index is 11.7. The number of ether oxygens (including phenoxy) is 4. The lowest BCUT2D eigenvalue weighted by molar-refractivity contribution is 0.111. The summed E-state index contributed by atoms with van der Waals surface area (Å²) in [4.78, 5) is 32.4. The zero-order valence-electron chi connectivity index (χ0n) is 29.1. The van der Waals surface area contributed by atoms with Crippen molar-refractivity contribution in [1.29, 1.82) is 0 Å². The molecule has 258 valence electrons. The van der Waals surface area contributed by atoms with Crippen molar-refractivity contribution < 1.29 is 28.5 Å². The van der Waals surface area contributed by atoms with Crippen molar-refractivity contribution >= 4 is 61.3 Å². The van der Waals surface area contributed by atoms with Crippen molar-refractivity contribution in [1.82, 2.24) is 9.97 Å². The molecule has 0 spiro atoms. The van der Waals surface area contributed by atoms with Crippen LogP contribution in [0.1, 0.15) is 43.0 Å². The molecule has 0 unspecified atom stereocenters. The Bertz CT molecular complexity index is 1800. The number of aromatic nitrogens is 2. The van der Waals surface area contributed by atoms with Gasteiger partial charge in [-0.05, 0) is 97.3 Å². The third kappa shape index (κ3) is 10.6. The maximum Gasteiger partial charge on any atom is 0.311 e. The van der Waals surface area contributed by atoms with Crippen LogP contribution < -0.4 is 18.9 Å². The quantitative estimate of drug-likeness (QED) is 0.0767. The van der Waals surface area contributed by atoms with E-state index in [1.165, 1.54) is 0 Å². The molecule has 0 bridgehead atoms. The lowest BCUT2D eigenvalue weighted by atomic mass is 9.92. The normalized spacial score (nSPS) is 11.2. The minimum absolute atomic E-state index is 0.279. The zero-order chi connectivity index (χ0) is 35.7. The van der Waals surface area contributed by atoms with Gasteiger partial charge in [0.15, 0.2) is 12.6 Å². The van der Waals surface area contributed by atoms with Crippen LogP contribution in [0.5, 0.6) is 23.5 Å². The number of carbonyl (C=O) groups is 2. The van der Waals surface area contributed by atoms with Crippen molar-refractivity contribution in [2.45, 2.75) is 71.9 Å². The van der Waals surface area contributed by atoms with E-state index in [-0.39, 0.29) is 25.0 Å². The Hall–Kier alpha value is -3.33. The molecule has 0 radical (unpaired) electrons. The smallest absolute Gasteiger partial charge is 0.311 e. The predicted octanol–water partition coefficient (Wildman–Crippen LogP) is 9.92. The first-order valence-electron chi connectivity index (χ1n) is 16.1. The van der Waals surface area contributed by atoms with Crippen LogP contribution in [0.3, 0.4) is 0 Å². The van der Waals surface area contributed by atoms with E-state index in [2.05, 4.69) is 101 Å². The second-order valence-corrected chi connectivity index (χ2v) is 23.5. The Morgan fingerprint density at radius 3 is 1.55 bits per heavy atom. The summed E-state index contributed by atoms with van der Waals surface area (Å²) in [5, 5.41) is 0. The van der Waals surface area contributed by atoms with Crippen molar-refractivity contribution in [3.05, 3.63) is 90.9 Å². The molecule has 2 aromatic carbocycles. The molecule has 0 atom stereocenters. The molecule has 4 aromatic rings. The van der Waals surface area contributed by atoms with E-state index < -0.39 is 16.9 Å². The van der Waals surface area contributed by atoms with Gasteiger partial charge in [0.05, 0.1) is 39.8 Å². The molecule has 12 heteroatoms. The lowest BCUT2D eigenvalue weighted by Crippen LogP contribution is -2.22. The van der Waals surface area contributed by atoms with Crippen LogP contribution in [0.4, 0.5) is 0 Å². The number of halogens is 2. The van der Waals surface area contributed by atoms with Crippen molar-refractivity contribution in [2.24, 2.45) is 0 Å². The first-order chi connectivity index (χ1) is 23.3. The SMILES string of the molecule is Cc1c(COc2nc(OCC[Si+](C)C)c(C=O)cc2Br)cccc1-c1cccc(COc2nc(OCC[Si](C)(C)C)c(C=O)cc2Br)c1C. The fourth-order valence-corrected chi connectivity index (χ4v) is 7.03. The van der Waals surface area contributed by atoms with Gasteiger partial charge in [-0.25, -0.2) is 0 Å². The highest BCUT2D eigenvalue weighted by Crippen LogP contribution is 2.34. The average Bonchev–Trinajstić information content (AvgIpc) is 3.05. The van der Waals surface area contributed by atoms with Gasteiger partial charge in [-0.3, -0.25) is 9.59 Å². The first kappa shape index (κ1) is 38.5. The first-order valence-corrected chi connectivity index (χ1v) is 24.1. The molecule has 8 nitrogen and oxygen atoms in total. The summed E-state index contributed by atoms with van der Waals surface area (Å²) in [6.07, 6.45) is 1.50. The van der Waals surface area contributed by atoms with Gasteiger partial charge in [-0.1, -0.05) is 56.0 Å². The third-order valence-electron chi connectivity index (χ3n) is 7.97. The summed E-state index contributed by atoms with van der Waals surface area (Å²) < 4.78 is 25.3. The van der Waals surface area contributed by atoms with Gasteiger partial charge in [0.1, 0.15) is 25.9 Å². The monoisotopic (exact) mass is 825 g/mol. The van der Waals surface area contributed by atoms with Crippen molar-refractivity contribution in [3.63, 3.8) is 0 Å². The fourth-order valence-electron chi connectivity index (χ4n) is 4.90. The molecule has 0 aliphatic rings. The number of aldehydes is 2. The number of carbonyl (C=O) groups excluding carboxylic acids is 2. The van der Waals surface area contributed by atoms with Crippen LogP contribution in [-0.4, -0.2) is 52.6 Å². The Kier molecular flexibility index (Phi) is 13.8. The van der Waals surface area contributed by atoms with Crippen LogP contribution in [0.25, 0.3) is 11.1 Å². The van der Waals surface area contributed by atoms with E-state index in [0.717, 1.165) is 58.0 Å². The molecule has 2 aromatic heterocycles.